The smallest absolute Gasteiger partial charge is 0.123 e. The molecular formula is C17H24O2. The van der Waals surface area contributed by atoms with Crippen LogP contribution in [0.2, 0.25) is 0 Å². The molecule has 104 valence electrons. The van der Waals surface area contributed by atoms with E-state index in [1.807, 2.05) is 26.0 Å². The summed E-state index contributed by atoms with van der Waals surface area (Å²) in [7, 11) is 0. The average Bonchev–Trinajstić information content (AvgIpc) is 2.41. The maximum absolute atomic E-state index is 5.72. The summed E-state index contributed by atoms with van der Waals surface area (Å²) >= 11 is 0. The minimum Gasteiger partial charge on any atom is -0.494 e. The van der Waals surface area contributed by atoms with Crippen molar-refractivity contribution >= 4 is 0 Å². The summed E-state index contributed by atoms with van der Waals surface area (Å²) in [4.78, 5) is 0. The van der Waals surface area contributed by atoms with Crippen molar-refractivity contribution in [1.29, 1.82) is 0 Å². The van der Waals surface area contributed by atoms with Crippen molar-refractivity contribution in [2.24, 2.45) is 0 Å². The van der Waals surface area contributed by atoms with Gasteiger partial charge in [0, 0.05) is 12.0 Å². The van der Waals surface area contributed by atoms with Gasteiger partial charge in [0.05, 0.1) is 13.2 Å². The minimum atomic E-state index is 0.344. The highest BCUT2D eigenvalue weighted by Crippen LogP contribution is 2.35. The Labute approximate surface area is 117 Å². The van der Waals surface area contributed by atoms with Gasteiger partial charge in [0.1, 0.15) is 11.5 Å². The van der Waals surface area contributed by atoms with Crippen LogP contribution in [0.5, 0.6) is 11.5 Å². The van der Waals surface area contributed by atoms with E-state index in [1.54, 1.807) is 0 Å². The van der Waals surface area contributed by atoms with Crippen LogP contribution in [0, 0.1) is 12.3 Å². The molecule has 0 radical (unpaired) electrons. The number of hydrogen-bond donors (Lipinski definition) is 0. The van der Waals surface area contributed by atoms with E-state index in [-0.39, 0.29) is 0 Å². The normalized spacial score (nSPS) is 11.7. The molecule has 2 nitrogen and oxygen atoms in total. The highest BCUT2D eigenvalue weighted by atomic mass is 16.5. The van der Waals surface area contributed by atoms with Gasteiger partial charge in [-0.15, -0.1) is 12.3 Å². The zero-order chi connectivity index (χ0) is 14.1. The maximum Gasteiger partial charge on any atom is 0.123 e. The molecule has 1 atom stereocenters. The number of ether oxygens (including phenoxy) is 2. The van der Waals surface area contributed by atoms with Crippen molar-refractivity contribution < 1.29 is 9.47 Å². The first kappa shape index (κ1) is 15.4. The van der Waals surface area contributed by atoms with E-state index < -0.39 is 0 Å². The third kappa shape index (κ3) is 4.52. The average molecular weight is 260 g/mol. The Bertz CT molecular complexity index is 418. The summed E-state index contributed by atoms with van der Waals surface area (Å²) in [6.45, 7) is 7.49. The number of benzene rings is 1. The van der Waals surface area contributed by atoms with Gasteiger partial charge in [-0.25, -0.2) is 0 Å². The van der Waals surface area contributed by atoms with Gasteiger partial charge in [0.2, 0.25) is 0 Å². The SMILES string of the molecule is C#CCC(CCC)c1cc(OCC)ccc1OCC. The quantitative estimate of drug-likeness (QED) is 0.645. The van der Waals surface area contributed by atoms with E-state index >= 15 is 0 Å². The third-order valence-electron chi connectivity index (χ3n) is 3.03. The number of rotatable bonds is 8. The summed E-state index contributed by atoms with van der Waals surface area (Å²) in [5.74, 6) is 4.94. The first-order valence-corrected chi connectivity index (χ1v) is 7.09. The van der Waals surface area contributed by atoms with Crippen LogP contribution in [-0.2, 0) is 0 Å². The van der Waals surface area contributed by atoms with Crippen molar-refractivity contribution in [1.82, 2.24) is 0 Å². The molecule has 1 unspecified atom stereocenters. The summed E-state index contributed by atoms with van der Waals surface area (Å²) in [6.07, 6.45) is 8.41. The lowest BCUT2D eigenvalue weighted by molar-refractivity contribution is 0.324. The number of hydrogen-bond acceptors (Lipinski definition) is 2. The van der Waals surface area contributed by atoms with Crippen LogP contribution in [-0.4, -0.2) is 13.2 Å². The highest BCUT2D eigenvalue weighted by Gasteiger charge is 2.16. The van der Waals surface area contributed by atoms with E-state index in [2.05, 4.69) is 18.9 Å². The molecule has 1 aromatic carbocycles. The van der Waals surface area contributed by atoms with Crippen molar-refractivity contribution in [3.63, 3.8) is 0 Å². The molecule has 0 N–H and O–H groups in total. The van der Waals surface area contributed by atoms with E-state index in [0.717, 1.165) is 30.8 Å². The van der Waals surface area contributed by atoms with Gasteiger partial charge >= 0.3 is 0 Å². The molecule has 0 spiro atoms. The predicted molar refractivity (Wildman–Crippen MR) is 79.9 cm³/mol. The molecule has 0 aliphatic heterocycles. The Morgan fingerprint density at radius 3 is 2.47 bits per heavy atom. The van der Waals surface area contributed by atoms with Crippen molar-refractivity contribution in [3.8, 4) is 23.8 Å². The van der Waals surface area contributed by atoms with Gasteiger partial charge in [-0.1, -0.05) is 13.3 Å². The largest absolute Gasteiger partial charge is 0.494 e. The first-order chi connectivity index (χ1) is 9.26. The van der Waals surface area contributed by atoms with Gasteiger partial charge in [-0.05, 0) is 44.4 Å². The maximum atomic E-state index is 5.72. The minimum absolute atomic E-state index is 0.344. The van der Waals surface area contributed by atoms with Crippen LogP contribution >= 0.6 is 0 Å². The lowest BCUT2D eigenvalue weighted by Gasteiger charge is -2.19. The van der Waals surface area contributed by atoms with Gasteiger partial charge in [0.15, 0.2) is 0 Å². The molecule has 0 heterocycles. The lowest BCUT2D eigenvalue weighted by Crippen LogP contribution is -2.04. The summed E-state index contributed by atoms with van der Waals surface area (Å²) < 4.78 is 11.3. The molecule has 0 saturated carbocycles. The molecule has 0 bridgehead atoms. The molecule has 1 aromatic rings. The van der Waals surface area contributed by atoms with E-state index in [4.69, 9.17) is 15.9 Å². The molecule has 0 aliphatic carbocycles. The molecule has 0 aliphatic rings. The Kier molecular flexibility index (Phi) is 6.89. The second-order valence-electron chi connectivity index (χ2n) is 4.46. The van der Waals surface area contributed by atoms with Crippen LogP contribution in [0.3, 0.4) is 0 Å². The van der Waals surface area contributed by atoms with Gasteiger partial charge in [-0.3, -0.25) is 0 Å². The molecule has 0 saturated heterocycles. The van der Waals surface area contributed by atoms with Gasteiger partial charge in [-0.2, -0.15) is 0 Å². The molecular weight excluding hydrogens is 236 g/mol. The van der Waals surface area contributed by atoms with Gasteiger partial charge in [0.25, 0.3) is 0 Å². The molecule has 19 heavy (non-hydrogen) atoms. The van der Waals surface area contributed by atoms with Crippen LogP contribution < -0.4 is 9.47 Å². The van der Waals surface area contributed by atoms with Crippen LogP contribution in [0.4, 0.5) is 0 Å². The van der Waals surface area contributed by atoms with Crippen LogP contribution in [0.15, 0.2) is 18.2 Å². The Balaban J connectivity index is 3.09. The van der Waals surface area contributed by atoms with Gasteiger partial charge < -0.3 is 9.47 Å². The Morgan fingerprint density at radius 2 is 1.89 bits per heavy atom. The van der Waals surface area contributed by atoms with E-state index in [9.17, 15) is 0 Å². The van der Waals surface area contributed by atoms with Crippen LogP contribution in [0.25, 0.3) is 0 Å². The molecule has 0 aromatic heterocycles. The standard InChI is InChI=1S/C17H24O2/c1-5-9-14(10-6-2)16-13-15(18-7-3)11-12-17(16)19-8-4/h1,11-14H,6-10H2,2-4H3. The van der Waals surface area contributed by atoms with Crippen LogP contribution in [0.1, 0.15) is 51.5 Å². The van der Waals surface area contributed by atoms with Crippen molar-refractivity contribution in [2.45, 2.75) is 46.0 Å². The van der Waals surface area contributed by atoms with E-state index in [1.165, 1.54) is 5.56 Å². The fraction of sp³-hybridized carbons (Fsp3) is 0.529. The summed E-state index contributed by atoms with van der Waals surface area (Å²) in [5, 5.41) is 0. The zero-order valence-corrected chi connectivity index (χ0v) is 12.2. The fourth-order valence-corrected chi connectivity index (χ4v) is 2.25. The molecule has 0 amide bonds. The third-order valence-corrected chi connectivity index (χ3v) is 3.03. The topological polar surface area (TPSA) is 18.5 Å². The van der Waals surface area contributed by atoms with Crippen molar-refractivity contribution in [2.75, 3.05) is 13.2 Å². The monoisotopic (exact) mass is 260 g/mol. The zero-order valence-electron chi connectivity index (χ0n) is 12.2. The predicted octanol–water partition coefficient (Wildman–Crippen LogP) is 4.39. The Morgan fingerprint density at radius 1 is 1.16 bits per heavy atom. The van der Waals surface area contributed by atoms with Crippen molar-refractivity contribution in [3.05, 3.63) is 23.8 Å². The molecule has 0 fully saturated rings. The number of terminal acetylenes is 1. The highest BCUT2D eigenvalue weighted by molar-refractivity contribution is 5.43. The second-order valence-corrected chi connectivity index (χ2v) is 4.46. The molecule has 2 heteroatoms. The van der Waals surface area contributed by atoms with E-state index in [0.29, 0.717) is 19.1 Å². The summed E-state index contributed by atoms with van der Waals surface area (Å²) in [6, 6.07) is 6.02. The molecule has 1 rings (SSSR count). The first-order valence-electron chi connectivity index (χ1n) is 7.09. The lowest BCUT2D eigenvalue weighted by atomic mass is 9.91. The second kappa shape index (κ2) is 8.48. The summed E-state index contributed by atoms with van der Waals surface area (Å²) in [5.41, 5.74) is 1.17. The Hall–Kier alpha value is -1.62. The fourth-order valence-electron chi connectivity index (χ4n) is 2.25.